The lowest BCUT2D eigenvalue weighted by Crippen LogP contribution is -2.18. The van der Waals surface area contributed by atoms with Gasteiger partial charge in [0.05, 0.1) is 11.0 Å². The number of ether oxygens (including phenoxy) is 1. The highest BCUT2D eigenvalue weighted by atomic mass is 79.9. The third-order valence-corrected chi connectivity index (χ3v) is 5.43. The van der Waals surface area contributed by atoms with Crippen LogP contribution >= 0.6 is 43.2 Å². The fourth-order valence-electron chi connectivity index (χ4n) is 2.11. The fourth-order valence-corrected chi connectivity index (χ4v) is 4.16. The Hall–Kier alpha value is -0.360. The number of halogens is 2. The van der Waals surface area contributed by atoms with Gasteiger partial charge in [-0.1, -0.05) is 15.9 Å². The summed E-state index contributed by atoms with van der Waals surface area (Å²) in [4.78, 5) is 1.13. The predicted octanol–water partition coefficient (Wildman–Crippen LogP) is 4.83. The van der Waals surface area contributed by atoms with Gasteiger partial charge in [-0.05, 0) is 45.6 Å². The second kappa shape index (κ2) is 4.96. The van der Waals surface area contributed by atoms with E-state index in [1.807, 2.05) is 29.6 Å². The van der Waals surface area contributed by atoms with Crippen molar-refractivity contribution >= 4 is 43.2 Å². The molecule has 1 unspecified atom stereocenters. The zero-order valence-electron chi connectivity index (χ0n) is 9.27. The molecule has 94 valence electrons. The lowest BCUT2D eigenvalue weighted by Gasteiger charge is -2.29. The first-order chi connectivity index (χ1) is 8.65. The van der Waals surface area contributed by atoms with Gasteiger partial charge in [-0.2, -0.15) is 0 Å². The Balaban J connectivity index is 1.97. The molecule has 2 aromatic rings. The van der Waals surface area contributed by atoms with Gasteiger partial charge in [-0.25, -0.2) is 0 Å². The molecule has 18 heavy (non-hydrogen) atoms. The van der Waals surface area contributed by atoms with Gasteiger partial charge in [0.15, 0.2) is 0 Å². The zero-order valence-corrected chi connectivity index (χ0v) is 13.3. The Kier molecular flexibility index (Phi) is 3.49. The van der Waals surface area contributed by atoms with Crippen molar-refractivity contribution in [3.63, 3.8) is 0 Å². The lowest BCUT2D eigenvalue weighted by atomic mass is 9.98. The van der Waals surface area contributed by atoms with Crippen molar-refractivity contribution in [2.45, 2.75) is 18.6 Å². The van der Waals surface area contributed by atoms with Crippen molar-refractivity contribution < 1.29 is 9.84 Å². The van der Waals surface area contributed by atoms with Crippen LogP contribution in [0.2, 0.25) is 0 Å². The number of hydrogen-bond donors (Lipinski definition) is 1. The first kappa shape index (κ1) is 12.7. The number of aliphatic hydroxyl groups excluding tert-OH is 1. The molecule has 0 aliphatic carbocycles. The lowest BCUT2D eigenvalue weighted by molar-refractivity contribution is 0.0671. The van der Waals surface area contributed by atoms with Crippen LogP contribution in [0.4, 0.5) is 0 Å². The van der Waals surface area contributed by atoms with E-state index < -0.39 is 6.10 Å². The van der Waals surface area contributed by atoms with Gasteiger partial charge in [0, 0.05) is 20.9 Å². The number of fused-ring (bicyclic) bond motifs is 1. The normalized spacial score (nSPS) is 22.4. The quantitative estimate of drug-likeness (QED) is 0.756. The monoisotopic (exact) mass is 388 g/mol. The molecule has 3 rings (SSSR count). The van der Waals surface area contributed by atoms with Crippen LogP contribution in [-0.2, 0) is 0 Å². The fraction of sp³-hybridized carbons (Fsp3) is 0.231. The molecule has 0 saturated heterocycles. The van der Waals surface area contributed by atoms with Crippen LogP contribution in [-0.4, -0.2) is 5.11 Å². The number of rotatable bonds is 1. The maximum Gasteiger partial charge on any atom is 0.137 e. The van der Waals surface area contributed by atoms with Crippen LogP contribution in [0.25, 0.3) is 0 Å². The van der Waals surface area contributed by atoms with Crippen molar-refractivity contribution in [3.8, 4) is 5.75 Å². The highest BCUT2D eigenvalue weighted by Crippen LogP contribution is 2.44. The summed E-state index contributed by atoms with van der Waals surface area (Å²) in [5.41, 5.74) is 0.855. The molecule has 1 aromatic carbocycles. The Morgan fingerprint density at radius 1 is 1.28 bits per heavy atom. The van der Waals surface area contributed by atoms with E-state index in [2.05, 4.69) is 31.9 Å². The van der Waals surface area contributed by atoms with Crippen molar-refractivity contribution in [2.24, 2.45) is 0 Å². The van der Waals surface area contributed by atoms with E-state index in [0.717, 1.165) is 25.1 Å². The van der Waals surface area contributed by atoms with Crippen LogP contribution < -0.4 is 4.74 Å². The summed E-state index contributed by atoms with van der Waals surface area (Å²) in [6.45, 7) is 0. The van der Waals surface area contributed by atoms with E-state index in [1.165, 1.54) is 0 Å². The summed E-state index contributed by atoms with van der Waals surface area (Å²) in [7, 11) is 0. The van der Waals surface area contributed by atoms with Crippen LogP contribution in [0.15, 0.2) is 38.6 Å². The molecule has 1 aliphatic heterocycles. The molecule has 1 aliphatic rings. The molecule has 5 heteroatoms. The molecule has 2 heterocycles. The van der Waals surface area contributed by atoms with E-state index in [9.17, 15) is 5.11 Å². The van der Waals surface area contributed by atoms with Crippen molar-refractivity contribution in [2.75, 3.05) is 0 Å². The van der Waals surface area contributed by atoms with Gasteiger partial charge in [0.1, 0.15) is 11.9 Å². The Morgan fingerprint density at radius 2 is 2.11 bits per heavy atom. The highest BCUT2D eigenvalue weighted by Gasteiger charge is 2.29. The molecule has 0 bridgehead atoms. The average molecular weight is 390 g/mol. The largest absolute Gasteiger partial charge is 0.484 e. The first-order valence-corrected chi connectivity index (χ1v) is 7.99. The van der Waals surface area contributed by atoms with E-state index >= 15 is 0 Å². The maximum absolute atomic E-state index is 10.2. The minimum absolute atomic E-state index is 0.0805. The molecular formula is C13H10Br2O2S. The molecule has 2 atom stereocenters. The van der Waals surface area contributed by atoms with Gasteiger partial charge >= 0.3 is 0 Å². The summed E-state index contributed by atoms with van der Waals surface area (Å²) in [5.74, 6) is 0.766. The topological polar surface area (TPSA) is 29.5 Å². The molecule has 1 N–H and O–H groups in total. The van der Waals surface area contributed by atoms with Gasteiger partial charge in [-0.3, -0.25) is 0 Å². The van der Waals surface area contributed by atoms with Gasteiger partial charge in [-0.15, -0.1) is 11.3 Å². The SMILES string of the molecule is O[C@@H]1CC(c2sccc2Br)Oc2ccc(Br)cc21. The van der Waals surface area contributed by atoms with Crippen LogP contribution in [0.1, 0.15) is 29.1 Å². The van der Waals surface area contributed by atoms with E-state index in [0.29, 0.717) is 6.42 Å². The zero-order chi connectivity index (χ0) is 12.7. The third kappa shape index (κ3) is 2.25. The summed E-state index contributed by atoms with van der Waals surface area (Å²) < 4.78 is 7.99. The smallest absolute Gasteiger partial charge is 0.137 e. The maximum atomic E-state index is 10.2. The summed E-state index contributed by atoms with van der Waals surface area (Å²) in [6, 6.07) is 7.75. The Bertz CT molecular complexity index is 582. The minimum atomic E-state index is -0.481. The third-order valence-electron chi connectivity index (χ3n) is 2.97. The van der Waals surface area contributed by atoms with Crippen LogP contribution in [0.3, 0.4) is 0 Å². The predicted molar refractivity (Wildman–Crippen MR) is 79.1 cm³/mol. The standard InChI is InChI=1S/C13H10Br2O2S/c14-7-1-2-11-8(5-7)10(16)6-12(17-11)13-9(15)3-4-18-13/h1-5,10,12,16H,6H2/t10-,12?/m1/s1. The van der Waals surface area contributed by atoms with E-state index in [1.54, 1.807) is 11.3 Å². The van der Waals surface area contributed by atoms with Crippen molar-refractivity contribution in [1.82, 2.24) is 0 Å². The minimum Gasteiger partial charge on any atom is -0.484 e. The van der Waals surface area contributed by atoms with E-state index in [4.69, 9.17) is 4.74 Å². The molecular weight excluding hydrogens is 380 g/mol. The summed E-state index contributed by atoms with van der Waals surface area (Å²) in [6.07, 6.45) is 0.0241. The number of thiophene rings is 1. The van der Waals surface area contributed by atoms with Gasteiger partial charge < -0.3 is 9.84 Å². The number of aliphatic hydroxyl groups is 1. The number of hydrogen-bond acceptors (Lipinski definition) is 3. The molecule has 0 saturated carbocycles. The van der Waals surface area contributed by atoms with Crippen molar-refractivity contribution in [1.29, 1.82) is 0 Å². The molecule has 0 amide bonds. The molecule has 2 nitrogen and oxygen atoms in total. The second-order valence-corrected chi connectivity index (χ2v) is 6.89. The highest BCUT2D eigenvalue weighted by molar-refractivity contribution is 9.10. The Labute approximate surface area is 126 Å². The summed E-state index contributed by atoms with van der Waals surface area (Å²) in [5, 5.41) is 12.3. The average Bonchev–Trinajstić information content (AvgIpc) is 2.76. The van der Waals surface area contributed by atoms with Crippen LogP contribution in [0, 0.1) is 0 Å². The Morgan fingerprint density at radius 3 is 2.83 bits per heavy atom. The molecule has 0 spiro atoms. The number of benzene rings is 1. The second-order valence-electron chi connectivity index (χ2n) is 4.17. The molecule has 0 radical (unpaired) electrons. The van der Waals surface area contributed by atoms with Crippen molar-refractivity contribution in [3.05, 3.63) is 49.0 Å². The summed E-state index contributed by atoms with van der Waals surface area (Å²) >= 11 is 8.57. The van der Waals surface area contributed by atoms with E-state index in [-0.39, 0.29) is 6.10 Å². The van der Waals surface area contributed by atoms with Gasteiger partial charge in [0.2, 0.25) is 0 Å². The first-order valence-electron chi connectivity index (χ1n) is 5.52. The van der Waals surface area contributed by atoms with Crippen LogP contribution in [0.5, 0.6) is 5.75 Å². The molecule has 1 aromatic heterocycles. The van der Waals surface area contributed by atoms with Gasteiger partial charge in [0.25, 0.3) is 0 Å². The molecule has 0 fully saturated rings.